The summed E-state index contributed by atoms with van der Waals surface area (Å²) in [5.41, 5.74) is 19.7. The molecular weight excluding hydrogens is 524 g/mol. The number of azo groups is 1. The third-order valence-electron chi connectivity index (χ3n) is 8.70. The summed E-state index contributed by atoms with van der Waals surface area (Å²) in [4.78, 5) is 4.76. The molecule has 5 aromatic rings. The number of amidine groups is 1. The molecule has 3 heterocycles. The fraction of sp³-hybridized carbons (Fsp3) is 0.281. The van der Waals surface area contributed by atoms with Crippen molar-refractivity contribution in [1.82, 2.24) is 19.4 Å². The molecule has 10 nitrogen and oxygen atoms in total. The van der Waals surface area contributed by atoms with E-state index in [2.05, 4.69) is 47.5 Å². The molecule has 2 aromatic carbocycles. The number of nitrogens with zero attached hydrogens (tertiary/aromatic N) is 7. The number of hydrogen-bond donors (Lipinski definition) is 3. The predicted octanol–water partition coefficient (Wildman–Crippen LogP) is 6.51. The maximum absolute atomic E-state index is 6.73. The first-order valence-corrected chi connectivity index (χ1v) is 14.1. The first kappa shape index (κ1) is 27.3. The molecule has 0 bridgehead atoms. The summed E-state index contributed by atoms with van der Waals surface area (Å²) < 4.78 is 3.66. The van der Waals surface area contributed by atoms with Crippen molar-refractivity contribution in [3.05, 3.63) is 91.0 Å². The Kier molecular flexibility index (Phi) is 6.86. The van der Waals surface area contributed by atoms with Crippen molar-refractivity contribution >= 4 is 34.1 Å². The average molecular weight is 561 g/mol. The highest BCUT2D eigenvalue weighted by Crippen LogP contribution is 2.46. The highest BCUT2D eigenvalue weighted by atomic mass is 15.2. The fourth-order valence-electron chi connectivity index (χ4n) is 5.49. The monoisotopic (exact) mass is 560 g/mol. The topological polar surface area (TPSA) is 136 Å². The van der Waals surface area contributed by atoms with Crippen LogP contribution in [0.1, 0.15) is 39.2 Å². The maximum Gasteiger partial charge on any atom is 0.135 e. The molecule has 1 saturated carbocycles. The lowest BCUT2D eigenvalue weighted by Gasteiger charge is -2.39. The molecule has 0 saturated heterocycles. The molecule has 2 atom stereocenters. The molecule has 214 valence electrons. The Labute approximate surface area is 245 Å². The van der Waals surface area contributed by atoms with E-state index < -0.39 is 0 Å². The standard InChI is InChI=1S/C32H36N10/c1-31(2)28(14-15-32(31,3)34)38-29-26(18-36-42-20-21(16-27(29)42)22-17-35-41(4)19-22)30(33)37-23-10-12-25(13-11-23)40-39-24-8-6-5-7-9-24/h5-13,16-20,28,38H,14-15,34H2,1-4H3,(H2,33,37)/b40-39+/t28-,32+/m1/s1. The van der Waals surface area contributed by atoms with E-state index in [0.29, 0.717) is 11.5 Å². The second-order valence-electron chi connectivity index (χ2n) is 11.8. The number of nitrogens with two attached hydrogens (primary N) is 2. The molecular formula is C32H36N10. The van der Waals surface area contributed by atoms with Crippen molar-refractivity contribution in [2.75, 3.05) is 5.32 Å². The fourth-order valence-corrected chi connectivity index (χ4v) is 5.49. The van der Waals surface area contributed by atoms with Crippen LogP contribution < -0.4 is 16.8 Å². The highest BCUT2D eigenvalue weighted by molar-refractivity contribution is 6.06. The van der Waals surface area contributed by atoms with E-state index in [-0.39, 0.29) is 17.0 Å². The van der Waals surface area contributed by atoms with Crippen LogP contribution in [0.2, 0.25) is 0 Å². The summed E-state index contributed by atoms with van der Waals surface area (Å²) in [5.74, 6) is 0.363. The van der Waals surface area contributed by atoms with Crippen LogP contribution in [-0.2, 0) is 7.05 Å². The van der Waals surface area contributed by atoms with Crippen molar-refractivity contribution < 1.29 is 0 Å². The zero-order chi connectivity index (χ0) is 29.5. The van der Waals surface area contributed by atoms with Gasteiger partial charge in [-0.05, 0) is 62.2 Å². The van der Waals surface area contributed by atoms with Crippen molar-refractivity contribution in [2.24, 2.45) is 39.2 Å². The van der Waals surface area contributed by atoms with Gasteiger partial charge in [0.25, 0.3) is 0 Å². The molecule has 0 spiro atoms. The van der Waals surface area contributed by atoms with Gasteiger partial charge in [0.05, 0.1) is 46.2 Å². The van der Waals surface area contributed by atoms with Gasteiger partial charge in [-0.3, -0.25) is 4.68 Å². The van der Waals surface area contributed by atoms with Crippen LogP contribution in [0.15, 0.2) is 101 Å². The van der Waals surface area contributed by atoms with Gasteiger partial charge < -0.3 is 16.8 Å². The number of rotatable bonds is 7. The maximum atomic E-state index is 6.73. The summed E-state index contributed by atoms with van der Waals surface area (Å²) in [5, 5.41) is 21.5. The van der Waals surface area contributed by atoms with Gasteiger partial charge in [0.2, 0.25) is 0 Å². The molecule has 10 heteroatoms. The normalized spacial score (nSPS) is 20.5. The first-order chi connectivity index (χ1) is 20.1. The van der Waals surface area contributed by atoms with E-state index >= 15 is 0 Å². The highest BCUT2D eigenvalue weighted by Gasteiger charge is 2.49. The van der Waals surface area contributed by atoms with Gasteiger partial charge in [-0.15, -0.1) is 0 Å². The molecule has 0 radical (unpaired) electrons. The lowest BCUT2D eigenvalue weighted by atomic mass is 9.75. The molecule has 1 aliphatic carbocycles. The number of aromatic nitrogens is 4. The second kappa shape index (κ2) is 10.5. The molecule has 0 amide bonds. The number of hydrogen-bond acceptors (Lipinski definition) is 7. The Balaban J connectivity index is 1.36. The van der Waals surface area contributed by atoms with Gasteiger partial charge in [-0.25, -0.2) is 9.51 Å². The molecule has 42 heavy (non-hydrogen) atoms. The Bertz CT molecular complexity index is 1780. The first-order valence-electron chi connectivity index (χ1n) is 14.1. The number of fused-ring (bicyclic) bond motifs is 1. The third kappa shape index (κ3) is 5.16. The van der Waals surface area contributed by atoms with Crippen LogP contribution in [0, 0.1) is 5.41 Å². The summed E-state index contributed by atoms with van der Waals surface area (Å²) in [6.07, 6.45) is 9.48. The van der Waals surface area contributed by atoms with E-state index in [0.717, 1.165) is 52.1 Å². The molecule has 0 aliphatic heterocycles. The minimum atomic E-state index is -0.295. The van der Waals surface area contributed by atoms with Crippen LogP contribution in [-0.4, -0.2) is 36.8 Å². The van der Waals surface area contributed by atoms with Gasteiger partial charge in [0.1, 0.15) is 5.84 Å². The van der Waals surface area contributed by atoms with Crippen molar-refractivity contribution in [1.29, 1.82) is 0 Å². The van der Waals surface area contributed by atoms with Crippen molar-refractivity contribution in [3.8, 4) is 11.1 Å². The minimum Gasteiger partial charge on any atom is -0.383 e. The SMILES string of the molecule is Cn1cc(-c2cc3c(N[C@@H]4CC[C@](C)(N)C4(C)C)c(C(N)=Nc4ccc(/N=N/c5ccccc5)cc4)cnn3c2)cn1. The van der Waals surface area contributed by atoms with E-state index in [1.165, 1.54) is 0 Å². The van der Waals surface area contributed by atoms with Crippen LogP contribution in [0.3, 0.4) is 0 Å². The summed E-state index contributed by atoms with van der Waals surface area (Å²) in [7, 11) is 1.91. The van der Waals surface area contributed by atoms with Crippen LogP contribution in [0.25, 0.3) is 16.6 Å². The molecule has 6 rings (SSSR count). The van der Waals surface area contributed by atoms with Crippen LogP contribution in [0.5, 0.6) is 0 Å². The largest absolute Gasteiger partial charge is 0.383 e. The zero-order valence-electron chi connectivity index (χ0n) is 24.4. The number of nitrogens with one attached hydrogen (secondary N) is 1. The van der Waals surface area contributed by atoms with Gasteiger partial charge in [0, 0.05) is 47.6 Å². The van der Waals surface area contributed by atoms with E-state index in [1.807, 2.05) is 84.8 Å². The van der Waals surface area contributed by atoms with Gasteiger partial charge in [-0.2, -0.15) is 20.4 Å². The van der Waals surface area contributed by atoms with E-state index in [9.17, 15) is 0 Å². The number of anilines is 1. The quantitative estimate of drug-likeness (QED) is 0.118. The average Bonchev–Trinajstić information content (AvgIpc) is 3.66. The van der Waals surface area contributed by atoms with Crippen molar-refractivity contribution in [3.63, 3.8) is 0 Å². The van der Waals surface area contributed by atoms with Crippen molar-refractivity contribution in [2.45, 2.75) is 45.2 Å². The summed E-state index contributed by atoms with van der Waals surface area (Å²) >= 11 is 0. The Morgan fingerprint density at radius 2 is 1.60 bits per heavy atom. The van der Waals surface area contributed by atoms with Gasteiger partial charge >= 0.3 is 0 Å². The second-order valence-corrected chi connectivity index (χ2v) is 11.8. The van der Waals surface area contributed by atoms with Crippen LogP contribution >= 0.6 is 0 Å². The van der Waals surface area contributed by atoms with Gasteiger partial charge in [0.15, 0.2) is 0 Å². The molecule has 1 aliphatic rings. The van der Waals surface area contributed by atoms with E-state index in [1.54, 1.807) is 10.9 Å². The molecule has 1 fully saturated rings. The lowest BCUT2D eigenvalue weighted by molar-refractivity contribution is 0.215. The molecule has 5 N–H and O–H groups in total. The summed E-state index contributed by atoms with van der Waals surface area (Å²) in [6.45, 7) is 6.58. The van der Waals surface area contributed by atoms with Gasteiger partial charge in [-0.1, -0.05) is 32.0 Å². The third-order valence-corrected chi connectivity index (χ3v) is 8.70. The smallest absolute Gasteiger partial charge is 0.135 e. The Hall–Kier alpha value is -4.83. The number of benzene rings is 2. The number of aliphatic imine (C=N–C) groups is 1. The zero-order valence-corrected chi connectivity index (χ0v) is 24.4. The predicted molar refractivity (Wildman–Crippen MR) is 168 cm³/mol. The van der Waals surface area contributed by atoms with E-state index in [4.69, 9.17) is 21.6 Å². The molecule has 0 unspecified atom stereocenters. The van der Waals surface area contributed by atoms with Crippen LogP contribution in [0.4, 0.5) is 22.7 Å². The number of aryl methyl sites for hydroxylation is 1. The Morgan fingerprint density at radius 3 is 2.24 bits per heavy atom. The lowest BCUT2D eigenvalue weighted by Crippen LogP contribution is -2.51. The summed E-state index contributed by atoms with van der Waals surface area (Å²) in [6, 6.07) is 19.4. The molecule has 3 aromatic heterocycles. The Morgan fingerprint density at radius 1 is 0.905 bits per heavy atom. The minimum absolute atomic E-state index is 0.135.